The fourth-order valence-electron chi connectivity index (χ4n) is 4.31. The van der Waals surface area contributed by atoms with Crippen molar-refractivity contribution < 1.29 is 9.53 Å². The van der Waals surface area contributed by atoms with Crippen molar-refractivity contribution >= 4 is 17.4 Å². The number of aromatic nitrogens is 1. The first-order chi connectivity index (χ1) is 14.9. The summed E-state index contributed by atoms with van der Waals surface area (Å²) >= 11 is 0. The second-order valence-electron chi connectivity index (χ2n) is 8.51. The van der Waals surface area contributed by atoms with Crippen LogP contribution in [-0.2, 0) is 4.74 Å². The number of benzene rings is 1. The van der Waals surface area contributed by atoms with E-state index < -0.39 is 0 Å². The largest absolute Gasteiger partial charge is 0.373 e. The Balaban J connectivity index is 1.71. The van der Waals surface area contributed by atoms with Crippen LogP contribution in [0.2, 0.25) is 0 Å². The van der Waals surface area contributed by atoms with Gasteiger partial charge in [-0.3, -0.25) is 4.79 Å². The minimum Gasteiger partial charge on any atom is -0.373 e. The SMILES string of the molecule is CCN(CC)[C@H]1C[C@@H](c2ccc(NC(=O)c3ccnc(NC)c3)cc2)O[C@@H](C(C)C)C1. The first-order valence-corrected chi connectivity index (χ1v) is 11.4. The van der Waals surface area contributed by atoms with Gasteiger partial charge in [-0.2, -0.15) is 0 Å². The number of pyridine rings is 1. The van der Waals surface area contributed by atoms with Gasteiger partial charge in [0.05, 0.1) is 12.2 Å². The van der Waals surface area contributed by atoms with Crippen molar-refractivity contribution in [1.29, 1.82) is 0 Å². The van der Waals surface area contributed by atoms with Gasteiger partial charge in [0.15, 0.2) is 0 Å². The maximum absolute atomic E-state index is 12.6. The highest BCUT2D eigenvalue weighted by atomic mass is 16.5. The molecule has 0 unspecified atom stereocenters. The predicted octanol–water partition coefficient (Wildman–Crippen LogP) is 4.96. The number of carbonyl (C=O) groups excluding carboxylic acids is 1. The summed E-state index contributed by atoms with van der Waals surface area (Å²) in [6.07, 6.45) is 4.05. The summed E-state index contributed by atoms with van der Waals surface area (Å²) in [6, 6.07) is 12.1. The van der Waals surface area contributed by atoms with Crippen LogP contribution in [0.4, 0.5) is 11.5 Å². The lowest BCUT2D eigenvalue weighted by atomic mass is 9.89. The second-order valence-corrected chi connectivity index (χ2v) is 8.51. The molecule has 6 heteroatoms. The quantitative estimate of drug-likeness (QED) is 0.627. The molecule has 0 aliphatic carbocycles. The predicted molar refractivity (Wildman–Crippen MR) is 127 cm³/mol. The van der Waals surface area contributed by atoms with Crippen LogP contribution in [0.3, 0.4) is 0 Å². The fraction of sp³-hybridized carbons (Fsp3) is 0.520. The Hall–Kier alpha value is -2.44. The highest BCUT2D eigenvalue weighted by Gasteiger charge is 2.34. The Labute approximate surface area is 186 Å². The molecule has 0 radical (unpaired) electrons. The maximum Gasteiger partial charge on any atom is 0.255 e. The standard InChI is InChI=1S/C25H36N4O2/c1-6-29(7-2)21-15-22(17(3)4)31-23(16-21)18-8-10-20(11-9-18)28-25(30)19-12-13-27-24(14-19)26-5/h8-14,17,21-23H,6-7,15-16H2,1-5H3,(H,26,27)(H,28,30)/t21-,22-,23+/m1/s1. The van der Waals surface area contributed by atoms with E-state index in [2.05, 4.69) is 60.3 Å². The van der Waals surface area contributed by atoms with E-state index >= 15 is 0 Å². The van der Waals surface area contributed by atoms with Crippen LogP contribution < -0.4 is 10.6 Å². The van der Waals surface area contributed by atoms with Crippen molar-refractivity contribution in [3.63, 3.8) is 0 Å². The highest BCUT2D eigenvalue weighted by molar-refractivity contribution is 6.04. The van der Waals surface area contributed by atoms with Gasteiger partial charge in [-0.15, -0.1) is 0 Å². The third kappa shape index (κ3) is 5.83. The average molecular weight is 425 g/mol. The molecule has 2 aromatic rings. The van der Waals surface area contributed by atoms with E-state index in [0.717, 1.165) is 31.6 Å². The molecule has 1 aromatic carbocycles. The van der Waals surface area contributed by atoms with Crippen molar-refractivity contribution in [3.05, 3.63) is 53.7 Å². The molecule has 1 aliphatic heterocycles. The Morgan fingerprint density at radius 2 is 1.87 bits per heavy atom. The number of ether oxygens (including phenoxy) is 1. The summed E-state index contributed by atoms with van der Waals surface area (Å²) in [5.41, 5.74) is 2.51. The Bertz CT molecular complexity index is 849. The van der Waals surface area contributed by atoms with Gasteiger partial charge >= 0.3 is 0 Å². The van der Waals surface area contributed by atoms with Crippen molar-refractivity contribution in [2.24, 2.45) is 5.92 Å². The summed E-state index contributed by atoms with van der Waals surface area (Å²) in [5, 5.41) is 5.92. The average Bonchev–Trinajstić information content (AvgIpc) is 2.80. The lowest BCUT2D eigenvalue weighted by molar-refractivity contribution is -0.101. The molecule has 1 saturated heterocycles. The van der Waals surface area contributed by atoms with Crippen LogP contribution in [0.25, 0.3) is 0 Å². The van der Waals surface area contributed by atoms with Crippen LogP contribution in [0.1, 0.15) is 62.6 Å². The molecule has 1 aromatic heterocycles. The molecule has 0 saturated carbocycles. The molecule has 0 spiro atoms. The van der Waals surface area contributed by atoms with E-state index in [-0.39, 0.29) is 18.1 Å². The molecule has 2 heterocycles. The monoisotopic (exact) mass is 424 g/mol. The molecule has 2 N–H and O–H groups in total. The molecule has 31 heavy (non-hydrogen) atoms. The topological polar surface area (TPSA) is 66.5 Å². The normalized spacial score (nSPS) is 21.3. The van der Waals surface area contributed by atoms with Gasteiger partial charge in [-0.1, -0.05) is 39.8 Å². The van der Waals surface area contributed by atoms with Crippen LogP contribution in [0, 0.1) is 5.92 Å². The van der Waals surface area contributed by atoms with Crippen molar-refractivity contribution in [2.75, 3.05) is 30.8 Å². The summed E-state index contributed by atoms with van der Waals surface area (Å²) in [5.74, 6) is 1.00. The van der Waals surface area contributed by atoms with Crippen LogP contribution in [0.5, 0.6) is 0 Å². The van der Waals surface area contributed by atoms with E-state index in [4.69, 9.17) is 4.74 Å². The molecule has 3 atom stereocenters. The van der Waals surface area contributed by atoms with Gasteiger partial charge in [0.2, 0.25) is 0 Å². The van der Waals surface area contributed by atoms with Crippen LogP contribution in [-0.4, -0.2) is 48.1 Å². The number of hydrogen-bond acceptors (Lipinski definition) is 5. The first-order valence-electron chi connectivity index (χ1n) is 11.4. The smallest absolute Gasteiger partial charge is 0.255 e. The number of rotatable bonds is 8. The van der Waals surface area contributed by atoms with Gasteiger partial charge in [-0.25, -0.2) is 4.98 Å². The van der Waals surface area contributed by atoms with Crippen molar-refractivity contribution in [3.8, 4) is 0 Å². The van der Waals surface area contributed by atoms with Gasteiger partial charge in [-0.05, 0) is 61.7 Å². The third-order valence-corrected chi connectivity index (χ3v) is 6.22. The first kappa shape index (κ1) is 23.2. The summed E-state index contributed by atoms with van der Waals surface area (Å²) in [6.45, 7) is 11.1. The molecular formula is C25H36N4O2. The Kier molecular flexibility index (Phi) is 8.04. The number of nitrogens with one attached hydrogen (secondary N) is 2. The van der Waals surface area contributed by atoms with Gasteiger partial charge in [0.1, 0.15) is 5.82 Å². The summed E-state index contributed by atoms with van der Waals surface area (Å²) in [7, 11) is 1.78. The van der Waals surface area contributed by atoms with Gasteiger partial charge < -0.3 is 20.3 Å². The molecule has 0 bridgehead atoms. The van der Waals surface area contributed by atoms with E-state index in [9.17, 15) is 4.79 Å². The van der Waals surface area contributed by atoms with E-state index in [1.807, 2.05) is 12.1 Å². The molecular weight excluding hydrogens is 388 g/mol. The van der Waals surface area contributed by atoms with Crippen LogP contribution >= 0.6 is 0 Å². The zero-order valence-electron chi connectivity index (χ0n) is 19.4. The van der Waals surface area contributed by atoms with E-state index in [1.54, 1.807) is 25.4 Å². The second kappa shape index (κ2) is 10.7. The zero-order valence-corrected chi connectivity index (χ0v) is 19.4. The van der Waals surface area contributed by atoms with Crippen LogP contribution in [0.15, 0.2) is 42.6 Å². The fourth-order valence-corrected chi connectivity index (χ4v) is 4.31. The molecule has 1 fully saturated rings. The zero-order chi connectivity index (χ0) is 22.4. The molecule has 3 rings (SSSR count). The molecule has 6 nitrogen and oxygen atoms in total. The molecule has 168 valence electrons. The number of nitrogens with zero attached hydrogens (tertiary/aromatic N) is 2. The summed E-state index contributed by atoms with van der Waals surface area (Å²) in [4.78, 5) is 19.3. The number of hydrogen-bond donors (Lipinski definition) is 2. The van der Waals surface area contributed by atoms with Crippen molar-refractivity contribution in [1.82, 2.24) is 9.88 Å². The number of amides is 1. The summed E-state index contributed by atoms with van der Waals surface area (Å²) < 4.78 is 6.49. The molecule has 1 amide bonds. The third-order valence-electron chi connectivity index (χ3n) is 6.22. The lowest BCUT2D eigenvalue weighted by Gasteiger charge is -2.42. The number of carbonyl (C=O) groups is 1. The van der Waals surface area contributed by atoms with Gasteiger partial charge in [0.25, 0.3) is 5.91 Å². The minimum absolute atomic E-state index is 0.0786. The van der Waals surface area contributed by atoms with Crippen molar-refractivity contribution in [2.45, 2.75) is 58.8 Å². The Morgan fingerprint density at radius 3 is 2.48 bits per heavy atom. The van der Waals surface area contributed by atoms with E-state index in [0.29, 0.717) is 23.3 Å². The molecule has 1 aliphatic rings. The lowest BCUT2D eigenvalue weighted by Crippen LogP contribution is -2.44. The Morgan fingerprint density at radius 1 is 1.16 bits per heavy atom. The maximum atomic E-state index is 12.6. The highest BCUT2D eigenvalue weighted by Crippen LogP contribution is 2.36. The minimum atomic E-state index is -0.151. The van der Waals surface area contributed by atoms with E-state index in [1.165, 1.54) is 5.56 Å². The number of anilines is 2. The van der Waals surface area contributed by atoms with Gasteiger partial charge in [0, 0.05) is 30.5 Å².